The number of rotatable bonds is 3. The van der Waals surface area contributed by atoms with Crippen molar-refractivity contribution in [1.29, 1.82) is 5.26 Å². The van der Waals surface area contributed by atoms with Gasteiger partial charge < -0.3 is 5.11 Å². The number of nitrogens with zero attached hydrogens (tertiary/aromatic N) is 1. The zero-order valence-electron chi connectivity index (χ0n) is 10.1. The molecule has 3 heteroatoms. The first-order chi connectivity index (χ1) is 9.24. The highest BCUT2D eigenvalue weighted by Gasteiger charge is 2.17. The fraction of sp³-hybridized carbons (Fsp3) is 0. The SMILES string of the molecule is N#C/C(=C(/C(=O)O)c1ccccc1)c1ccccc1. The van der Waals surface area contributed by atoms with Gasteiger partial charge >= 0.3 is 5.97 Å². The Labute approximate surface area is 111 Å². The highest BCUT2D eigenvalue weighted by molar-refractivity contribution is 6.25. The lowest BCUT2D eigenvalue weighted by Crippen LogP contribution is -2.03. The molecule has 0 spiro atoms. The second kappa shape index (κ2) is 5.65. The maximum atomic E-state index is 11.5. The van der Waals surface area contributed by atoms with E-state index >= 15 is 0 Å². The predicted octanol–water partition coefficient (Wildman–Crippen LogP) is 3.21. The summed E-state index contributed by atoms with van der Waals surface area (Å²) in [7, 11) is 0. The molecule has 1 N–H and O–H groups in total. The molecule has 2 aromatic rings. The third-order valence-electron chi connectivity index (χ3n) is 2.70. The molecule has 2 rings (SSSR count). The van der Waals surface area contributed by atoms with Crippen LogP contribution in [0.4, 0.5) is 0 Å². The largest absolute Gasteiger partial charge is 0.478 e. The van der Waals surface area contributed by atoms with Crippen molar-refractivity contribution < 1.29 is 9.90 Å². The lowest BCUT2D eigenvalue weighted by atomic mass is 9.95. The van der Waals surface area contributed by atoms with E-state index in [0.717, 1.165) is 0 Å². The summed E-state index contributed by atoms with van der Waals surface area (Å²) in [5.41, 5.74) is 1.32. The fourth-order valence-electron chi connectivity index (χ4n) is 1.85. The van der Waals surface area contributed by atoms with Crippen molar-refractivity contribution in [3.8, 4) is 6.07 Å². The van der Waals surface area contributed by atoms with Crippen LogP contribution in [-0.4, -0.2) is 11.1 Å². The maximum absolute atomic E-state index is 11.5. The highest BCUT2D eigenvalue weighted by atomic mass is 16.4. The summed E-state index contributed by atoms with van der Waals surface area (Å²) in [6, 6.07) is 19.5. The third-order valence-corrected chi connectivity index (χ3v) is 2.70. The molecular formula is C16H11NO2. The minimum absolute atomic E-state index is 0.0225. The molecule has 0 fully saturated rings. The van der Waals surface area contributed by atoms with Crippen molar-refractivity contribution >= 4 is 17.1 Å². The Hall–Kier alpha value is -2.86. The Bertz CT molecular complexity index is 652. The molecule has 0 saturated carbocycles. The molecule has 0 aromatic heterocycles. The van der Waals surface area contributed by atoms with Gasteiger partial charge in [-0.25, -0.2) is 4.79 Å². The van der Waals surface area contributed by atoms with Gasteiger partial charge in [0.15, 0.2) is 0 Å². The lowest BCUT2D eigenvalue weighted by Gasteiger charge is -2.06. The number of carbonyl (C=O) groups is 1. The Morgan fingerprint density at radius 3 is 1.79 bits per heavy atom. The van der Waals surface area contributed by atoms with Gasteiger partial charge in [-0.3, -0.25) is 0 Å². The molecule has 0 saturated heterocycles. The van der Waals surface area contributed by atoms with Crippen molar-refractivity contribution in [2.45, 2.75) is 0 Å². The van der Waals surface area contributed by atoms with Gasteiger partial charge in [-0.1, -0.05) is 60.7 Å². The molecule has 3 nitrogen and oxygen atoms in total. The first-order valence-electron chi connectivity index (χ1n) is 5.72. The Balaban J connectivity index is 2.69. The lowest BCUT2D eigenvalue weighted by molar-refractivity contribution is -0.130. The molecule has 92 valence electrons. The number of carboxylic acid groups (broad SMARTS) is 1. The van der Waals surface area contributed by atoms with Crippen LogP contribution in [0.2, 0.25) is 0 Å². The first-order valence-corrected chi connectivity index (χ1v) is 5.72. The van der Waals surface area contributed by atoms with Crippen molar-refractivity contribution in [3.63, 3.8) is 0 Å². The maximum Gasteiger partial charge on any atom is 0.337 e. The quantitative estimate of drug-likeness (QED) is 0.516. The van der Waals surface area contributed by atoms with E-state index in [2.05, 4.69) is 0 Å². The second-order valence-corrected chi connectivity index (χ2v) is 3.90. The van der Waals surface area contributed by atoms with Crippen molar-refractivity contribution in [3.05, 3.63) is 71.8 Å². The average Bonchev–Trinajstić information content (AvgIpc) is 2.46. The smallest absolute Gasteiger partial charge is 0.337 e. The molecule has 0 atom stereocenters. The van der Waals surface area contributed by atoms with Gasteiger partial charge in [0.2, 0.25) is 0 Å². The monoisotopic (exact) mass is 249 g/mol. The van der Waals surface area contributed by atoms with Gasteiger partial charge in [-0.15, -0.1) is 0 Å². The van der Waals surface area contributed by atoms with Crippen LogP contribution in [-0.2, 0) is 4.79 Å². The standard InChI is InChI=1S/C16H11NO2/c17-11-14(12-7-3-1-4-8-12)15(16(18)19)13-9-5-2-6-10-13/h1-10H,(H,18,19)/b15-14-. The third kappa shape index (κ3) is 2.70. The summed E-state index contributed by atoms with van der Waals surface area (Å²) in [5, 5.41) is 18.7. The van der Waals surface area contributed by atoms with E-state index in [-0.39, 0.29) is 11.1 Å². The molecule has 0 amide bonds. The van der Waals surface area contributed by atoms with E-state index < -0.39 is 5.97 Å². The fourth-order valence-corrected chi connectivity index (χ4v) is 1.85. The van der Waals surface area contributed by atoms with Crippen molar-refractivity contribution in [2.24, 2.45) is 0 Å². The minimum Gasteiger partial charge on any atom is -0.478 e. The van der Waals surface area contributed by atoms with Gasteiger partial charge in [0.1, 0.15) is 6.07 Å². The zero-order chi connectivity index (χ0) is 13.7. The van der Waals surface area contributed by atoms with Crippen LogP contribution in [0, 0.1) is 11.3 Å². The summed E-state index contributed by atoms with van der Waals surface area (Å²) < 4.78 is 0. The number of nitriles is 1. The summed E-state index contributed by atoms with van der Waals surface area (Å²) in [6.45, 7) is 0. The van der Waals surface area contributed by atoms with Crippen LogP contribution in [0.25, 0.3) is 11.1 Å². The Morgan fingerprint density at radius 2 is 1.37 bits per heavy atom. The van der Waals surface area contributed by atoms with Crippen LogP contribution in [0.15, 0.2) is 60.7 Å². The first kappa shape index (κ1) is 12.6. The molecule has 0 bridgehead atoms. The molecular weight excluding hydrogens is 238 g/mol. The summed E-state index contributed by atoms with van der Waals surface area (Å²) in [4.78, 5) is 11.5. The Morgan fingerprint density at radius 1 is 0.895 bits per heavy atom. The summed E-state index contributed by atoms with van der Waals surface area (Å²) in [6.07, 6.45) is 0. The molecule has 0 aliphatic rings. The van der Waals surface area contributed by atoms with Gasteiger partial charge in [0.05, 0.1) is 11.1 Å². The summed E-state index contributed by atoms with van der Waals surface area (Å²) in [5.74, 6) is -1.10. The van der Waals surface area contributed by atoms with Crippen molar-refractivity contribution in [1.82, 2.24) is 0 Å². The molecule has 2 aromatic carbocycles. The van der Waals surface area contributed by atoms with Crippen LogP contribution >= 0.6 is 0 Å². The Kier molecular flexibility index (Phi) is 3.75. The van der Waals surface area contributed by atoms with Crippen molar-refractivity contribution in [2.75, 3.05) is 0 Å². The normalized spacial score (nSPS) is 11.3. The average molecular weight is 249 g/mol. The number of hydrogen-bond acceptors (Lipinski definition) is 2. The van der Waals surface area contributed by atoms with Gasteiger partial charge in [-0.2, -0.15) is 5.26 Å². The molecule has 0 aliphatic carbocycles. The minimum atomic E-state index is -1.10. The molecule has 0 aliphatic heterocycles. The second-order valence-electron chi connectivity index (χ2n) is 3.90. The summed E-state index contributed by atoms with van der Waals surface area (Å²) >= 11 is 0. The number of allylic oxidation sites excluding steroid dienone is 1. The van der Waals surface area contributed by atoms with E-state index in [0.29, 0.717) is 11.1 Å². The number of aliphatic carboxylic acids is 1. The topological polar surface area (TPSA) is 61.1 Å². The van der Waals surface area contributed by atoms with Crippen LogP contribution in [0.1, 0.15) is 11.1 Å². The van der Waals surface area contributed by atoms with E-state index in [1.165, 1.54) is 0 Å². The predicted molar refractivity (Wildman–Crippen MR) is 72.9 cm³/mol. The molecule has 0 radical (unpaired) electrons. The number of carboxylic acids is 1. The van der Waals surface area contributed by atoms with E-state index in [9.17, 15) is 15.2 Å². The van der Waals surface area contributed by atoms with E-state index in [1.807, 2.05) is 12.1 Å². The van der Waals surface area contributed by atoms with Crippen LogP contribution in [0.5, 0.6) is 0 Å². The highest BCUT2D eigenvalue weighted by Crippen LogP contribution is 2.26. The molecule has 19 heavy (non-hydrogen) atoms. The van der Waals surface area contributed by atoms with Gasteiger partial charge in [0.25, 0.3) is 0 Å². The zero-order valence-corrected chi connectivity index (χ0v) is 10.1. The van der Waals surface area contributed by atoms with Gasteiger partial charge in [0, 0.05) is 0 Å². The van der Waals surface area contributed by atoms with E-state index in [4.69, 9.17) is 0 Å². The number of benzene rings is 2. The molecule has 0 unspecified atom stereocenters. The van der Waals surface area contributed by atoms with Crippen LogP contribution in [0.3, 0.4) is 0 Å². The van der Waals surface area contributed by atoms with Crippen LogP contribution < -0.4 is 0 Å². The molecule has 0 heterocycles. The van der Waals surface area contributed by atoms with E-state index in [1.54, 1.807) is 54.6 Å². The van der Waals surface area contributed by atoms with Gasteiger partial charge in [-0.05, 0) is 11.1 Å². The number of hydrogen-bond donors (Lipinski definition) is 1.